The predicted molar refractivity (Wildman–Crippen MR) is 69.4 cm³/mol. The fourth-order valence-electron chi connectivity index (χ4n) is 1.45. The van der Waals surface area contributed by atoms with Crippen LogP contribution in [0.2, 0.25) is 0 Å². The number of rotatable bonds is 6. The van der Waals surface area contributed by atoms with Crippen LogP contribution in [0.25, 0.3) is 0 Å². The molecule has 0 aliphatic heterocycles. The first-order valence-corrected chi connectivity index (χ1v) is 5.42. The Kier molecular flexibility index (Phi) is 5.05. The topological polar surface area (TPSA) is 67.8 Å². The largest absolute Gasteiger partial charge is 0.493 e. The summed E-state index contributed by atoms with van der Waals surface area (Å²) in [7, 11) is 3.14. The second-order valence-corrected chi connectivity index (χ2v) is 3.75. The monoisotopic (exact) mass is 251 g/mol. The Hall–Kier alpha value is -2.17. The number of anilines is 1. The number of carbonyl (C=O) groups is 1. The molecule has 5 heteroatoms. The fraction of sp³-hybridized carbons (Fsp3) is 0.308. The molecule has 0 fully saturated rings. The number of nitrogens with one attached hydrogen (secondary N) is 1. The van der Waals surface area contributed by atoms with Crippen molar-refractivity contribution in [1.29, 1.82) is 0 Å². The maximum Gasteiger partial charge on any atom is 0.328 e. The molecule has 0 amide bonds. The van der Waals surface area contributed by atoms with Crippen LogP contribution in [0.4, 0.5) is 5.69 Å². The second-order valence-electron chi connectivity index (χ2n) is 3.75. The molecular weight excluding hydrogens is 234 g/mol. The summed E-state index contributed by atoms with van der Waals surface area (Å²) in [6.07, 6.45) is 1.17. The van der Waals surface area contributed by atoms with Gasteiger partial charge in [0, 0.05) is 24.4 Å². The van der Waals surface area contributed by atoms with Gasteiger partial charge < -0.3 is 19.9 Å². The molecule has 0 aromatic heterocycles. The first-order valence-electron chi connectivity index (χ1n) is 5.42. The van der Waals surface area contributed by atoms with Gasteiger partial charge in [0.15, 0.2) is 11.5 Å². The lowest BCUT2D eigenvalue weighted by atomic mass is 10.2. The van der Waals surface area contributed by atoms with Gasteiger partial charge >= 0.3 is 5.97 Å². The maximum absolute atomic E-state index is 10.5. The lowest BCUT2D eigenvalue weighted by molar-refractivity contribution is -0.131. The first kappa shape index (κ1) is 13.9. The second kappa shape index (κ2) is 6.54. The van der Waals surface area contributed by atoms with Crippen LogP contribution >= 0.6 is 0 Å². The first-order chi connectivity index (χ1) is 8.56. The number of hydrogen-bond acceptors (Lipinski definition) is 4. The van der Waals surface area contributed by atoms with E-state index in [4.69, 9.17) is 14.6 Å². The normalized spacial score (nSPS) is 10.9. The average molecular weight is 251 g/mol. The highest BCUT2D eigenvalue weighted by molar-refractivity contribution is 5.80. The molecule has 0 bridgehead atoms. The zero-order valence-corrected chi connectivity index (χ0v) is 10.7. The van der Waals surface area contributed by atoms with E-state index in [0.29, 0.717) is 18.0 Å². The highest BCUT2D eigenvalue weighted by atomic mass is 16.5. The molecule has 0 saturated heterocycles. The molecule has 5 nitrogen and oxygen atoms in total. The summed E-state index contributed by atoms with van der Waals surface area (Å²) in [4.78, 5) is 10.5. The van der Waals surface area contributed by atoms with Gasteiger partial charge in [-0.1, -0.05) is 0 Å². The van der Waals surface area contributed by atoms with Crippen LogP contribution in [-0.2, 0) is 4.79 Å². The van der Waals surface area contributed by atoms with Crippen LogP contribution in [-0.4, -0.2) is 31.8 Å². The zero-order valence-electron chi connectivity index (χ0n) is 10.7. The Morgan fingerprint density at radius 3 is 2.56 bits per heavy atom. The van der Waals surface area contributed by atoms with Gasteiger partial charge in [-0.2, -0.15) is 0 Å². The highest BCUT2D eigenvalue weighted by Gasteiger charge is 2.04. The summed E-state index contributed by atoms with van der Waals surface area (Å²) < 4.78 is 10.3. The van der Waals surface area contributed by atoms with Crippen molar-refractivity contribution in [3.8, 4) is 11.5 Å². The van der Waals surface area contributed by atoms with Crippen molar-refractivity contribution in [3.63, 3.8) is 0 Å². The molecule has 0 atom stereocenters. The van der Waals surface area contributed by atoms with Crippen molar-refractivity contribution in [2.24, 2.45) is 0 Å². The van der Waals surface area contributed by atoms with Crippen molar-refractivity contribution in [2.45, 2.75) is 6.92 Å². The summed E-state index contributed by atoms with van der Waals surface area (Å²) in [5, 5.41) is 11.7. The number of hydrogen-bond donors (Lipinski definition) is 2. The number of ether oxygens (including phenoxy) is 2. The minimum absolute atomic E-state index is 0.460. The average Bonchev–Trinajstić information content (AvgIpc) is 2.35. The third-order valence-corrected chi connectivity index (χ3v) is 2.32. The molecule has 0 saturated carbocycles. The Balaban J connectivity index is 2.71. The Morgan fingerprint density at radius 1 is 1.33 bits per heavy atom. The van der Waals surface area contributed by atoms with Crippen LogP contribution in [0, 0.1) is 0 Å². The highest BCUT2D eigenvalue weighted by Crippen LogP contribution is 2.29. The van der Waals surface area contributed by atoms with Gasteiger partial charge in [-0.25, -0.2) is 4.79 Å². The number of carboxylic acids is 1. The van der Waals surface area contributed by atoms with Gasteiger partial charge in [0.2, 0.25) is 0 Å². The van der Waals surface area contributed by atoms with E-state index in [0.717, 1.165) is 11.3 Å². The standard InChI is InChI=1S/C13H17NO4/c1-9(6-13(15)16)8-14-10-4-5-11(17-2)12(7-10)18-3/h4-7,14H,8H2,1-3H3,(H,15,16)/b9-6+. The van der Waals surface area contributed by atoms with E-state index in [1.165, 1.54) is 6.08 Å². The zero-order chi connectivity index (χ0) is 13.5. The van der Waals surface area contributed by atoms with Crippen molar-refractivity contribution in [1.82, 2.24) is 0 Å². The Labute approximate surface area is 106 Å². The number of benzene rings is 1. The molecule has 1 aromatic rings. The number of aliphatic carboxylic acids is 1. The molecule has 0 unspecified atom stereocenters. The van der Waals surface area contributed by atoms with E-state index < -0.39 is 5.97 Å². The van der Waals surface area contributed by atoms with Gasteiger partial charge in [0.05, 0.1) is 14.2 Å². The molecule has 0 aliphatic carbocycles. The molecule has 0 heterocycles. The third kappa shape index (κ3) is 4.01. The van der Waals surface area contributed by atoms with Crippen LogP contribution in [0.3, 0.4) is 0 Å². The molecule has 0 spiro atoms. The summed E-state index contributed by atoms with van der Waals surface area (Å²) in [6, 6.07) is 5.43. The molecule has 1 rings (SSSR count). The SMILES string of the molecule is COc1ccc(NC/C(C)=C/C(=O)O)cc1OC. The van der Waals surface area contributed by atoms with Gasteiger partial charge in [-0.05, 0) is 24.6 Å². The molecule has 1 aromatic carbocycles. The summed E-state index contributed by atoms with van der Waals surface area (Å²) in [6.45, 7) is 2.21. The van der Waals surface area contributed by atoms with Crippen LogP contribution in [0.1, 0.15) is 6.92 Å². The van der Waals surface area contributed by atoms with E-state index in [-0.39, 0.29) is 0 Å². The summed E-state index contributed by atoms with van der Waals surface area (Å²) in [5.41, 5.74) is 1.57. The molecule has 98 valence electrons. The van der Waals surface area contributed by atoms with Gasteiger partial charge in [0.1, 0.15) is 0 Å². The van der Waals surface area contributed by atoms with Crippen LogP contribution < -0.4 is 14.8 Å². The molecule has 0 radical (unpaired) electrons. The van der Waals surface area contributed by atoms with Crippen LogP contribution in [0.5, 0.6) is 11.5 Å². The van der Waals surface area contributed by atoms with E-state index in [1.54, 1.807) is 33.3 Å². The number of carboxylic acid groups (broad SMARTS) is 1. The lowest BCUT2D eigenvalue weighted by Gasteiger charge is -2.11. The van der Waals surface area contributed by atoms with Crippen LogP contribution in [0.15, 0.2) is 29.8 Å². The lowest BCUT2D eigenvalue weighted by Crippen LogP contribution is -2.05. The van der Waals surface area contributed by atoms with E-state index >= 15 is 0 Å². The van der Waals surface area contributed by atoms with Crippen molar-refractivity contribution >= 4 is 11.7 Å². The van der Waals surface area contributed by atoms with Crippen molar-refractivity contribution in [2.75, 3.05) is 26.1 Å². The van der Waals surface area contributed by atoms with E-state index in [1.807, 2.05) is 6.07 Å². The Morgan fingerprint density at radius 2 is 2.00 bits per heavy atom. The summed E-state index contributed by atoms with van der Waals surface area (Å²) in [5.74, 6) is 0.338. The third-order valence-electron chi connectivity index (χ3n) is 2.32. The fourth-order valence-corrected chi connectivity index (χ4v) is 1.45. The maximum atomic E-state index is 10.5. The molecule has 2 N–H and O–H groups in total. The van der Waals surface area contributed by atoms with E-state index in [2.05, 4.69) is 5.32 Å². The predicted octanol–water partition coefficient (Wildman–Crippen LogP) is 2.15. The quantitative estimate of drug-likeness (QED) is 0.758. The molecule has 0 aliphatic rings. The molecular formula is C13H17NO4. The van der Waals surface area contributed by atoms with Gasteiger partial charge in [0.25, 0.3) is 0 Å². The smallest absolute Gasteiger partial charge is 0.328 e. The van der Waals surface area contributed by atoms with Crippen molar-refractivity contribution in [3.05, 3.63) is 29.8 Å². The summed E-state index contributed by atoms with van der Waals surface area (Å²) >= 11 is 0. The van der Waals surface area contributed by atoms with Gasteiger partial charge in [-0.15, -0.1) is 0 Å². The van der Waals surface area contributed by atoms with Crippen molar-refractivity contribution < 1.29 is 19.4 Å². The minimum atomic E-state index is -0.943. The molecule has 18 heavy (non-hydrogen) atoms. The number of methoxy groups -OCH3 is 2. The Bertz CT molecular complexity index is 454. The van der Waals surface area contributed by atoms with E-state index in [9.17, 15) is 4.79 Å². The minimum Gasteiger partial charge on any atom is -0.493 e. The van der Waals surface area contributed by atoms with Gasteiger partial charge in [-0.3, -0.25) is 0 Å².